The number of benzene rings is 1. The highest BCUT2D eigenvalue weighted by Crippen LogP contribution is 2.16. The molecule has 0 aliphatic carbocycles. The predicted molar refractivity (Wildman–Crippen MR) is 94.8 cm³/mol. The molecule has 0 aliphatic rings. The Morgan fingerprint density at radius 3 is 2.46 bits per heavy atom. The normalized spacial score (nSPS) is 11.4. The number of sulfone groups is 1. The third kappa shape index (κ3) is 5.72. The van der Waals surface area contributed by atoms with Gasteiger partial charge in [0.15, 0.2) is 9.84 Å². The van der Waals surface area contributed by atoms with Crippen LogP contribution in [0.25, 0.3) is 0 Å². The van der Waals surface area contributed by atoms with E-state index in [2.05, 4.69) is 9.72 Å². The second kappa shape index (κ2) is 8.39. The molecule has 0 unspecified atom stereocenters. The van der Waals surface area contributed by atoms with Crippen LogP contribution in [0.4, 0.5) is 0 Å². The first-order valence-electron chi connectivity index (χ1n) is 7.70. The Labute approximate surface area is 146 Å². The van der Waals surface area contributed by atoms with Gasteiger partial charge in [0.05, 0.1) is 19.2 Å². The number of thiazole rings is 1. The number of carbonyl (C=O) groups is 1. The molecule has 130 valence electrons. The van der Waals surface area contributed by atoms with E-state index in [0.29, 0.717) is 5.01 Å². The smallest absolute Gasteiger partial charge is 0.309 e. The summed E-state index contributed by atoms with van der Waals surface area (Å²) < 4.78 is 27.9. The number of aryl methyl sites for hydroxylation is 2. The number of rotatable bonds is 8. The van der Waals surface area contributed by atoms with Crippen molar-refractivity contribution in [3.63, 3.8) is 0 Å². The molecule has 0 saturated heterocycles. The van der Waals surface area contributed by atoms with Crippen molar-refractivity contribution in [3.05, 3.63) is 51.5 Å². The lowest BCUT2D eigenvalue weighted by Crippen LogP contribution is -2.06. The highest BCUT2D eigenvalue weighted by atomic mass is 32.2. The summed E-state index contributed by atoms with van der Waals surface area (Å²) >= 11 is 1.40. The Morgan fingerprint density at radius 1 is 1.17 bits per heavy atom. The van der Waals surface area contributed by atoms with Crippen LogP contribution in [0.2, 0.25) is 0 Å². The minimum atomic E-state index is -3.03. The minimum absolute atomic E-state index is 0.0242. The molecular weight excluding hydrogens is 346 g/mol. The number of hydrogen-bond acceptors (Lipinski definition) is 6. The van der Waals surface area contributed by atoms with Gasteiger partial charge in [-0.05, 0) is 24.0 Å². The van der Waals surface area contributed by atoms with E-state index in [9.17, 15) is 13.2 Å². The number of ether oxygens (including phenoxy) is 1. The Balaban J connectivity index is 1.89. The van der Waals surface area contributed by atoms with Crippen molar-refractivity contribution in [2.75, 3.05) is 12.9 Å². The fourth-order valence-corrected chi connectivity index (χ4v) is 4.22. The van der Waals surface area contributed by atoms with E-state index in [4.69, 9.17) is 0 Å². The van der Waals surface area contributed by atoms with Crippen molar-refractivity contribution in [2.24, 2.45) is 0 Å². The Morgan fingerprint density at radius 2 is 1.83 bits per heavy atom. The molecule has 5 nitrogen and oxygen atoms in total. The van der Waals surface area contributed by atoms with Crippen molar-refractivity contribution in [1.29, 1.82) is 0 Å². The second-order valence-corrected chi connectivity index (χ2v) is 8.77. The maximum atomic E-state index is 11.6. The molecule has 0 saturated carbocycles. The average Bonchev–Trinajstić information content (AvgIpc) is 3.00. The van der Waals surface area contributed by atoms with E-state index < -0.39 is 9.84 Å². The molecule has 1 aromatic heterocycles. The van der Waals surface area contributed by atoms with Crippen molar-refractivity contribution in [1.82, 2.24) is 4.98 Å². The van der Waals surface area contributed by atoms with Gasteiger partial charge >= 0.3 is 5.97 Å². The van der Waals surface area contributed by atoms with Crippen LogP contribution >= 0.6 is 11.3 Å². The van der Waals surface area contributed by atoms with Gasteiger partial charge in [0.1, 0.15) is 10.8 Å². The summed E-state index contributed by atoms with van der Waals surface area (Å²) in [6, 6.07) is 7.83. The minimum Gasteiger partial charge on any atom is -0.469 e. The molecule has 1 aromatic carbocycles. The van der Waals surface area contributed by atoms with E-state index in [-0.39, 0.29) is 23.9 Å². The summed E-state index contributed by atoms with van der Waals surface area (Å²) in [5.41, 5.74) is 2.99. The van der Waals surface area contributed by atoms with Crippen LogP contribution in [-0.2, 0) is 44.4 Å². The molecule has 0 N–H and O–H groups in total. The van der Waals surface area contributed by atoms with E-state index in [1.54, 1.807) is 6.92 Å². The van der Waals surface area contributed by atoms with Gasteiger partial charge in [-0.1, -0.05) is 31.2 Å². The van der Waals surface area contributed by atoms with Gasteiger partial charge in [-0.25, -0.2) is 13.4 Å². The first-order chi connectivity index (χ1) is 11.4. The number of esters is 1. The fraction of sp³-hybridized carbons (Fsp3) is 0.412. The van der Waals surface area contributed by atoms with Crippen LogP contribution in [0.3, 0.4) is 0 Å². The van der Waals surface area contributed by atoms with Crippen molar-refractivity contribution in [2.45, 2.75) is 31.9 Å². The molecule has 7 heteroatoms. The van der Waals surface area contributed by atoms with E-state index in [1.807, 2.05) is 29.6 Å². The lowest BCUT2D eigenvalue weighted by molar-refractivity contribution is -0.139. The Hall–Kier alpha value is -1.73. The SMILES string of the molecule is CCS(=O)(=O)Cc1nc(CCc2ccc(CC(=O)OC)cc2)cs1. The molecule has 0 bridgehead atoms. The van der Waals surface area contributed by atoms with Crippen LogP contribution in [-0.4, -0.2) is 32.2 Å². The van der Waals surface area contributed by atoms with Crippen molar-refractivity contribution in [3.8, 4) is 0 Å². The Bertz CT molecular complexity index is 779. The zero-order chi connectivity index (χ0) is 17.6. The maximum absolute atomic E-state index is 11.6. The van der Waals surface area contributed by atoms with Gasteiger partial charge in [0.2, 0.25) is 0 Å². The molecule has 1 heterocycles. The molecule has 0 amide bonds. The first-order valence-corrected chi connectivity index (χ1v) is 10.4. The standard InChI is InChI=1S/C17H21NO4S2/c1-3-24(20,21)12-16-18-15(11-23-16)9-8-13-4-6-14(7-5-13)10-17(19)22-2/h4-7,11H,3,8-10,12H2,1-2H3. The third-order valence-electron chi connectivity index (χ3n) is 3.65. The molecule has 0 spiro atoms. The largest absolute Gasteiger partial charge is 0.469 e. The van der Waals surface area contributed by atoms with Gasteiger partial charge < -0.3 is 4.74 Å². The van der Waals surface area contributed by atoms with Gasteiger partial charge in [0.25, 0.3) is 0 Å². The summed E-state index contributed by atoms with van der Waals surface area (Å²) in [5.74, 6) is -0.0873. The number of methoxy groups -OCH3 is 1. The molecule has 2 aromatic rings. The number of hydrogen-bond donors (Lipinski definition) is 0. The van der Waals surface area contributed by atoms with E-state index in [1.165, 1.54) is 18.4 Å². The van der Waals surface area contributed by atoms with Gasteiger partial charge in [-0.3, -0.25) is 4.79 Å². The molecule has 0 atom stereocenters. The lowest BCUT2D eigenvalue weighted by Gasteiger charge is -2.03. The van der Waals surface area contributed by atoms with Crippen LogP contribution in [0.1, 0.15) is 28.8 Å². The molecule has 0 fully saturated rings. The van der Waals surface area contributed by atoms with Crippen molar-refractivity contribution < 1.29 is 17.9 Å². The zero-order valence-electron chi connectivity index (χ0n) is 13.8. The lowest BCUT2D eigenvalue weighted by atomic mass is 10.1. The topological polar surface area (TPSA) is 73.3 Å². The fourth-order valence-electron chi connectivity index (χ4n) is 2.16. The highest BCUT2D eigenvalue weighted by molar-refractivity contribution is 7.90. The van der Waals surface area contributed by atoms with Crippen LogP contribution < -0.4 is 0 Å². The summed E-state index contributed by atoms with van der Waals surface area (Å²) in [7, 11) is -1.65. The number of carbonyl (C=O) groups excluding carboxylic acids is 1. The summed E-state index contributed by atoms with van der Waals surface area (Å²) in [4.78, 5) is 15.6. The Kier molecular flexibility index (Phi) is 6.51. The quantitative estimate of drug-likeness (QED) is 0.671. The van der Waals surface area contributed by atoms with Gasteiger partial charge in [-0.15, -0.1) is 11.3 Å². The monoisotopic (exact) mass is 367 g/mol. The van der Waals surface area contributed by atoms with Crippen molar-refractivity contribution >= 4 is 27.1 Å². The third-order valence-corrected chi connectivity index (χ3v) is 6.32. The molecular formula is C17H21NO4S2. The number of nitrogens with zero attached hydrogens (tertiary/aromatic N) is 1. The predicted octanol–water partition coefficient (Wildman–Crippen LogP) is 2.58. The zero-order valence-corrected chi connectivity index (χ0v) is 15.5. The summed E-state index contributed by atoms with van der Waals surface area (Å²) in [6.45, 7) is 1.65. The average molecular weight is 367 g/mol. The second-order valence-electron chi connectivity index (χ2n) is 5.48. The van der Waals surface area contributed by atoms with E-state index >= 15 is 0 Å². The summed E-state index contributed by atoms with van der Waals surface area (Å²) in [5, 5.41) is 2.58. The highest BCUT2D eigenvalue weighted by Gasteiger charge is 2.12. The maximum Gasteiger partial charge on any atom is 0.309 e. The molecule has 0 radical (unpaired) electrons. The van der Waals surface area contributed by atoms with Crippen LogP contribution in [0.5, 0.6) is 0 Å². The van der Waals surface area contributed by atoms with E-state index in [0.717, 1.165) is 29.7 Å². The summed E-state index contributed by atoms with van der Waals surface area (Å²) in [6.07, 6.45) is 1.86. The van der Waals surface area contributed by atoms with Gasteiger partial charge in [0, 0.05) is 11.1 Å². The molecule has 2 rings (SSSR count). The van der Waals surface area contributed by atoms with Crippen LogP contribution in [0.15, 0.2) is 29.6 Å². The van der Waals surface area contributed by atoms with Crippen LogP contribution in [0, 0.1) is 0 Å². The number of aromatic nitrogens is 1. The molecule has 24 heavy (non-hydrogen) atoms. The molecule has 0 aliphatic heterocycles. The first kappa shape index (κ1) is 18.6. The van der Waals surface area contributed by atoms with Gasteiger partial charge in [-0.2, -0.15) is 0 Å².